The quantitative estimate of drug-likeness (QED) is 0.666. The van der Waals surface area contributed by atoms with Gasteiger partial charge in [-0.1, -0.05) is 0 Å². The Morgan fingerprint density at radius 3 is 2.58 bits per heavy atom. The average Bonchev–Trinajstić information content (AvgIpc) is 2.38. The number of benzene rings is 1. The lowest BCUT2D eigenvalue weighted by Crippen LogP contribution is -2.28. The number of hydrogen-bond acceptors (Lipinski definition) is 3. The third kappa shape index (κ3) is 3.23. The van der Waals surface area contributed by atoms with Crippen molar-refractivity contribution in [1.29, 1.82) is 0 Å². The van der Waals surface area contributed by atoms with Gasteiger partial charge in [-0.3, -0.25) is 10.1 Å². The van der Waals surface area contributed by atoms with E-state index in [1.165, 1.54) is 6.07 Å². The molecule has 1 aromatic rings. The summed E-state index contributed by atoms with van der Waals surface area (Å²) in [5, 5.41) is 13.8. The van der Waals surface area contributed by atoms with Gasteiger partial charge in [-0.15, -0.1) is 0 Å². The minimum absolute atomic E-state index is 0.102. The summed E-state index contributed by atoms with van der Waals surface area (Å²) in [6.45, 7) is 1.38. The Balaban J connectivity index is 2.41. The van der Waals surface area contributed by atoms with E-state index >= 15 is 0 Å². The number of nitrogens with one attached hydrogen (secondary N) is 1. The zero-order chi connectivity index (χ0) is 14.0. The fourth-order valence-corrected chi connectivity index (χ4v) is 2.28. The first-order valence-corrected chi connectivity index (χ1v) is 5.95. The highest BCUT2D eigenvalue weighted by atomic mass is 19.4. The predicted molar refractivity (Wildman–Crippen MR) is 62.9 cm³/mol. The molecular weight excluding hydrogens is 261 g/mol. The lowest BCUT2D eigenvalue weighted by molar-refractivity contribution is -0.385. The van der Waals surface area contributed by atoms with Crippen LogP contribution in [0.1, 0.15) is 29.9 Å². The molecule has 0 aliphatic carbocycles. The molecular formula is C12H13F3N2O2. The van der Waals surface area contributed by atoms with Crippen molar-refractivity contribution in [1.82, 2.24) is 5.32 Å². The molecule has 1 aromatic carbocycles. The summed E-state index contributed by atoms with van der Waals surface area (Å²) < 4.78 is 38.2. The Kier molecular flexibility index (Phi) is 3.75. The molecule has 1 unspecified atom stereocenters. The van der Waals surface area contributed by atoms with E-state index in [1.54, 1.807) is 0 Å². The summed E-state index contributed by atoms with van der Waals surface area (Å²) in [5.74, 6) is -0.102. The van der Waals surface area contributed by atoms with Crippen LogP contribution in [0.3, 0.4) is 0 Å². The molecule has 1 N–H and O–H groups in total. The van der Waals surface area contributed by atoms with Gasteiger partial charge in [0.05, 0.1) is 10.5 Å². The fourth-order valence-electron chi connectivity index (χ4n) is 2.28. The van der Waals surface area contributed by atoms with Gasteiger partial charge in [0, 0.05) is 18.7 Å². The molecule has 4 nitrogen and oxygen atoms in total. The van der Waals surface area contributed by atoms with E-state index in [-0.39, 0.29) is 5.92 Å². The number of nitro groups is 1. The summed E-state index contributed by atoms with van der Waals surface area (Å²) >= 11 is 0. The highest BCUT2D eigenvalue weighted by molar-refractivity contribution is 5.42. The van der Waals surface area contributed by atoms with Crippen molar-refractivity contribution in [3.8, 4) is 0 Å². The van der Waals surface area contributed by atoms with Gasteiger partial charge in [-0.05, 0) is 36.9 Å². The van der Waals surface area contributed by atoms with Crippen LogP contribution in [-0.4, -0.2) is 18.0 Å². The molecule has 0 saturated carbocycles. The molecule has 104 valence electrons. The van der Waals surface area contributed by atoms with Crippen LogP contribution in [0.5, 0.6) is 0 Å². The minimum Gasteiger partial charge on any atom is -0.316 e. The Labute approximate surface area is 107 Å². The van der Waals surface area contributed by atoms with E-state index in [4.69, 9.17) is 0 Å². The van der Waals surface area contributed by atoms with Crippen LogP contribution in [0.25, 0.3) is 0 Å². The fraction of sp³-hybridized carbons (Fsp3) is 0.500. The zero-order valence-electron chi connectivity index (χ0n) is 10.0. The summed E-state index contributed by atoms with van der Waals surface area (Å²) in [7, 11) is 0. The lowest BCUT2D eigenvalue weighted by atomic mass is 9.90. The van der Waals surface area contributed by atoms with Crippen molar-refractivity contribution in [2.24, 2.45) is 0 Å². The van der Waals surface area contributed by atoms with E-state index < -0.39 is 22.4 Å². The molecule has 19 heavy (non-hydrogen) atoms. The highest BCUT2D eigenvalue weighted by Gasteiger charge is 2.33. The SMILES string of the molecule is O=[N+]([O-])c1cc(C2CCCNC2)cc(C(F)(F)F)c1. The topological polar surface area (TPSA) is 55.2 Å². The van der Waals surface area contributed by atoms with E-state index in [0.717, 1.165) is 25.5 Å². The van der Waals surface area contributed by atoms with E-state index in [1.807, 2.05) is 0 Å². The number of nitrogens with zero attached hydrogens (tertiary/aromatic N) is 1. The number of hydrogen-bond donors (Lipinski definition) is 1. The van der Waals surface area contributed by atoms with Gasteiger partial charge in [0.25, 0.3) is 5.69 Å². The van der Waals surface area contributed by atoms with Crippen molar-refractivity contribution in [3.05, 3.63) is 39.4 Å². The first kappa shape index (κ1) is 13.8. The largest absolute Gasteiger partial charge is 0.416 e. The van der Waals surface area contributed by atoms with Gasteiger partial charge in [0.2, 0.25) is 0 Å². The molecule has 0 aromatic heterocycles. The minimum atomic E-state index is -4.57. The van der Waals surface area contributed by atoms with Gasteiger partial charge in [0.15, 0.2) is 0 Å². The van der Waals surface area contributed by atoms with Gasteiger partial charge < -0.3 is 5.32 Å². The number of piperidine rings is 1. The first-order chi connectivity index (χ1) is 8.88. The number of non-ortho nitro benzene ring substituents is 1. The number of nitro benzene ring substituents is 1. The van der Waals surface area contributed by atoms with Gasteiger partial charge in [-0.25, -0.2) is 0 Å². The van der Waals surface area contributed by atoms with Crippen molar-refractivity contribution in [2.45, 2.75) is 24.9 Å². The van der Waals surface area contributed by atoms with E-state index in [2.05, 4.69) is 5.32 Å². The third-order valence-corrected chi connectivity index (χ3v) is 3.25. The third-order valence-electron chi connectivity index (χ3n) is 3.25. The van der Waals surface area contributed by atoms with Gasteiger partial charge in [0.1, 0.15) is 0 Å². The normalized spacial score (nSPS) is 20.3. The van der Waals surface area contributed by atoms with Crippen LogP contribution in [0.4, 0.5) is 18.9 Å². The smallest absolute Gasteiger partial charge is 0.316 e. The van der Waals surface area contributed by atoms with Crippen LogP contribution in [0.15, 0.2) is 18.2 Å². The van der Waals surface area contributed by atoms with Crippen molar-refractivity contribution >= 4 is 5.69 Å². The monoisotopic (exact) mass is 274 g/mol. The molecule has 1 aliphatic heterocycles. The van der Waals surface area contributed by atoms with Crippen LogP contribution < -0.4 is 5.32 Å². The lowest BCUT2D eigenvalue weighted by Gasteiger charge is -2.23. The standard InChI is InChI=1S/C12H13F3N2O2/c13-12(14,15)10-4-9(5-11(6-10)17(18)19)8-2-1-3-16-7-8/h4-6,8,16H,1-3,7H2. The second-order valence-electron chi connectivity index (χ2n) is 4.61. The molecule has 1 heterocycles. The second kappa shape index (κ2) is 5.16. The average molecular weight is 274 g/mol. The van der Waals surface area contributed by atoms with Crippen molar-refractivity contribution < 1.29 is 18.1 Å². The van der Waals surface area contributed by atoms with Crippen molar-refractivity contribution in [2.75, 3.05) is 13.1 Å². The predicted octanol–water partition coefficient (Wildman–Crippen LogP) is 3.08. The molecule has 1 fully saturated rings. The molecule has 0 radical (unpaired) electrons. The second-order valence-corrected chi connectivity index (χ2v) is 4.61. The number of alkyl halides is 3. The molecule has 7 heteroatoms. The molecule has 1 atom stereocenters. The van der Waals surface area contributed by atoms with Gasteiger partial charge >= 0.3 is 6.18 Å². The van der Waals surface area contributed by atoms with E-state index in [0.29, 0.717) is 18.2 Å². The zero-order valence-corrected chi connectivity index (χ0v) is 10.0. The Morgan fingerprint density at radius 2 is 2.05 bits per heavy atom. The first-order valence-electron chi connectivity index (χ1n) is 5.95. The van der Waals surface area contributed by atoms with Gasteiger partial charge in [-0.2, -0.15) is 13.2 Å². The van der Waals surface area contributed by atoms with Crippen LogP contribution in [-0.2, 0) is 6.18 Å². The van der Waals surface area contributed by atoms with Crippen LogP contribution in [0, 0.1) is 10.1 Å². The molecule has 1 aliphatic rings. The maximum Gasteiger partial charge on any atom is 0.416 e. The maximum atomic E-state index is 12.7. The summed E-state index contributed by atoms with van der Waals surface area (Å²) in [6, 6.07) is 2.84. The van der Waals surface area contributed by atoms with Crippen LogP contribution >= 0.6 is 0 Å². The Hall–Kier alpha value is -1.63. The Morgan fingerprint density at radius 1 is 1.32 bits per heavy atom. The Bertz CT molecular complexity index is 482. The highest BCUT2D eigenvalue weighted by Crippen LogP contribution is 2.35. The molecule has 0 spiro atoms. The summed E-state index contributed by atoms with van der Waals surface area (Å²) in [4.78, 5) is 9.95. The summed E-state index contributed by atoms with van der Waals surface area (Å²) in [5.41, 5.74) is -1.08. The number of halogens is 3. The molecule has 0 amide bonds. The molecule has 1 saturated heterocycles. The number of rotatable bonds is 2. The summed E-state index contributed by atoms with van der Waals surface area (Å²) in [6.07, 6.45) is -2.97. The maximum absolute atomic E-state index is 12.7. The molecule has 0 bridgehead atoms. The van der Waals surface area contributed by atoms with E-state index in [9.17, 15) is 23.3 Å². The molecule has 2 rings (SSSR count). The van der Waals surface area contributed by atoms with Crippen LogP contribution in [0.2, 0.25) is 0 Å². The van der Waals surface area contributed by atoms with Crippen molar-refractivity contribution in [3.63, 3.8) is 0 Å².